The fourth-order valence-corrected chi connectivity index (χ4v) is 15.3. The molecule has 2 aliphatic rings. The first-order valence-corrected chi connectivity index (χ1v) is 35.0. The zero-order valence-electron chi connectivity index (χ0n) is 55.6. The van der Waals surface area contributed by atoms with E-state index in [1.54, 1.807) is 6.07 Å². The van der Waals surface area contributed by atoms with Crippen molar-refractivity contribution in [2.45, 2.75) is 18.3 Å². The quantitative estimate of drug-likeness (QED) is 0.118. The second kappa shape index (κ2) is 29.5. The van der Waals surface area contributed by atoms with Gasteiger partial charge in [-0.25, -0.2) is 19.9 Å². The molecule has 16 aromatic rings. The summed E-state index contributed by atoms with van der Waals surface area (Å²) in [4.78, 5) is 19.8. The van der Waals surface area contributed by atoms with Crippen LogP contribution in [0.15, 0.2) is 393 Å². The van der Waals surface area contributed by atoms with Crippen molar-refractivity contribution in [3.05, 3.63) is 437 Å². The molecule has 0 unspecified atom stereocenters. The molecule has 492 valence electrons. The number of halogens is 1. The zero-order valence-corrected chi connectivity index (χ0v) is 57.2. The van der Waals surface area contributed by atoms with Crippen molar-refractivity contribution < 1.29 is 10.0 Å². The van der Waals surface area contributed by atoms with Gasteiger partial charge in [-0.2, -0.15) is 0 Å². The van der Waals surface area contributed by atoms with Crippen LogP contribution >= 0.6 is 15.9 Å². The SMILES string of the molecule is Brc1cccc(-c2nc(-c3ccccc3)cc(-c3ccccc3)n2)c1.C.OB(O)c1ccc2c(c1)C(c1ccccc1)(c1ccccc1)c1ccccc1-2.c1ccc(-c2cc(-c3ccccc3)nc(-c3cccc(-c4ccc5c(c4)C(c4ccccc4)(c4ccccc4)c4ccccc4-5)c3)n2)cc1. The Labute approximate surface area is 611 Å². The summed E-state index contributed by atoms with van der Waals surface area (Å²) >= 11 is 3.53. The molecule has 0 atom stereocenters. The second-order valence-corrected chi connectivity index (χ2v) is 26.4. The Hall–Kier alpha value is -12.3. The van der Waals surface area contributed by atoms with Crippen LogP contribution in [0.25, 0.3) is 101 Å². The summed E-state index contributed by atoms with van der Waals surface area (Å²) in [5, 5.41) is 19.7. The van der Waals surface area contributed by atoms with E-state index < -0.39 is 17.9 Å². The fourth-order valence-electron chi connectivity index (χ4n) is 14.9. The van der Waals surface area contributed by atoms with Crippen LogP contribution in [0.3, 0.4) is 0 Å². The van der Waals surface area contributed by atoms with Crippen molar-refractivity contribution >= 4 is 28.5 Å². The maximum absolute atomic E-state index is 9.84. The van der Waals surface area contributed by atoms with E-state index in [1.165, 1.54) is 44.5 Å². The molecule has 0 saturated heterocycles. The Bertz CT molecular complexity index is 5420. The lowest BCUT2D eigenvalue weighted by Crippen LogP contribution is -2.33. The van der Waals surface area contributed by atoms with Gasteiger partial charge in [-0.05, 0) is 120 Å². The molecule has 8 heteroatoms. The smallest absolute Gasteiger partial charge is 0.423 e. The Balaban J connectivity index is 0.000000135. The largest absolute Gasteiger partial charge is 0.488 e. The molecule has 0 fully saturated rings. The third kappa shape index (κ3) is 12.9. The number of hydrogen-bond donors (Lipinski definition) is 2. The normalized spacial score (nSPS) is 12.3. The lowest BCUT2D eigenvalue weighted by molar-refractivity contribution is 0.425. The van der Waals surface area contributed by atoms with E-state index in [9.17, 15) is 10.0 Å². The summed E-state index contributed by atoms with van der Waals surface area (Å²) in [5.41, 5.74) is 26.4. The highest BCUT2D eigenvalue weighted by atomic mass is 79.9. The number of rotatable bonds is 12. The molecule has 14 aromatic carbocycles. The van der Waals surface area contributed by atoms with Crippen molar-refractivity contribution in [2.24, 2.45) is 0 Å². The maximum atomic E-state index is 9.84. The standard InChI is InChI=1S/C47H32N2.C25H19BO2.C22H15BrN2.CH4/c1-5-16-33(17-6-1)44-32-45(34-18-7-2-8-19-34)49-46(48-44)37-21-15-20-35(30-37)36-28-29-41-40-26-13-14-27-42(40)47(43(41)31-36,38-22-9-3-10-23-38)39-24-11-4-12-25-39;27-26(28)20-15-16-22-21-13-7-8-14-23(21)25(24(22)17-20,18-9-3-1-4-10-18)19-11-5-2-6-12-19;23-19-13-7-12-18(14-19)22-24-20(16-8-3-1-4-9-16)15-21(25-22)17-10-5-2-6-11-17;/h1-32H;1-17,27-28H;1-15H;1H4. The van der Waals surface area contributed by atoms with Crippen LogP contribution < -0.4 is 5.46 Å². The Morgan fingerprint density at radius 3 is 0.903 bits per heavy atom. The highest BCUT2D eigenvalue weighted by Gasteiger charge is 2.48. The zero-order chi connectivity index (χ0) is 68.8. The molecule has 2 N–H and O–H groups in total. The maximum Gasteiger partial charge on any atom is 0.488 e. The molecular weight excluding hydrogens is 1320 g/mol. The molecule has 0 bridgehead atoms. The summed E-state index contributed by atoms with van der Waals surface area (Å²) in [6.07, 6.45) is 0. The van der Waals surface area contributed by atoms with Gasteiger partial charge >= 0.3 is 7.12 Å². The topological polar surface area (TPSA) is 92.0 Å². The fraction of sp³-hybridized carbons (Fsp3) is 0.0316. The van der Waals surface area contributed by atoms with E-state index in [0.717, 1.165) is 99.8 Å². The second-order valence-electron chi connectivity index (χ2n) is 25.5. The molecule has 6 nitrogen and oxygen atoms in total. The lowest BCUT2D eigenvalue weighted by Gasteiger charge is -2.34. The summed E-state index contributed by atoms with van der Waals surface area (Å²) in [7, 11) is -1.50. The van der Waals surface area contributed by atoms with Gasteiger partial charge in [0.1, 0.15) is 0 Å². The average Bonchev–Trinajstić information content (AvgIpc) is 1.55. The molecule has 0 spiro atoms. The lowest BCUT2D eigenvalue weighted by atomic mass is 9.66. The van der Waals surface area contributed by atoms with Crippen molar-refractivity contribution in [3.8, 4) is 101 Å². The number of hydrogen-bond acceptors (Lipinski definition) is 6. The highest BCUT2D eigenvalue weighted by molar-refractivity contribution is 9.10. The first-order valence-electron chi connectivity index (χ1n) is 34.2. The Morgan fingerprint density at radius 1 is 0.233 bits per heavy atom. The minimum Gasteiger partial charge on any atom is -0.423 e. The van der Waals surface area contributed by atoms with Gasteiger partial charge in [0, 0.05) is 37.9 Å². The van der Waals surface area contributed by atoms with Gasteiger partial charge in [0.2, 0.25) is 0 Å². The first kappa shape index (κ1) is 66.6. The molecule has 103 heavy (non-hydrogen) atoms. The third-order valence-electron chi connectivity index (χ3n) is 19.5. The van der Waals surface area contributed by atoms with E-state index in [4.69, 9.17) is 19.9 Å². The van der Waals surface area contributed by atoms with Crippen molar-refractivity contribution in [1.29, 1.82) is 0 Å². The van der Waals surface area contributed by atoms with Crippen LogP contribution in [0.1, 0.15) is 51.9 Å². The number of benzene rings is 14. The van der Waals surface area contributed by atoms with E-state index >= 15 is 0 Å². The Morgan fingerprint density at radius 2 is 0.524 bits per heavy atom. The van der Waals surface area contributed by atoms with Crippen molar-refractivity contribution in [3.63, 3.8) is 0 Å². The summed E-state index contributed by atoms with van der Waals surface area (Å²) in [6, 6.07) is 135. The predicted molar refractivity (Wildman–Crippen MR) is 427 cm³/mol. The summed E-state index contributed by atoms with van der Waals surface area (Å²) in [5.74, 6) is 1.43. The number of aromatic nitrogens is 4. The minimum absolute atomic E-state index is 0. The molecule has 2 aliphatic carbocycles. The molecular formula is C95H70BBrN4O2. The molecule has 2 aromatic heterocycles. The average molecular weight is 1390 g/mol. The van der Waals surface area contributed by atoms with Crippen LogP contribution in [0.2, 0.25) is 0 Å². The van der Waals surface area contributed by atoms with E-state index in [1.807, 2.05) is 103 Å². The Kier molecular flexibility index (Phi) is 19.1. The summed E-state index contributed by atoms with van der Waals surface area (Å²) < 4.78 is 1.01. The molecule has 0 aliphatic heterocycles. The molecule has 0 saturated carbocycles. The van der Waals surface area contributed by atoms with Gasteiger partial charge in [-0.3, -0.25) is 0 Å². The van der Waals surface area contributed by atoms with Crippen LogP contribution in [-0.4, -0.2) is 37.1 Å². The van der Waals surface area contributed by atoms with E-state index in [-0.39, 0.29) is 7.43 Å². The molecule has 18 rings (SSSR count). The van der Waals surface area contributed by atoms with Crippen LogP contribution in [0.4, 0.5) is 0 Å². The van der Waals surface area contributed by atoms with Gasteiger partial charge in [-0.1, -0.05) is 375 Å². The molecule has 0 radical (unpaired) electrons. The van der Waals surface area contributed by atoms with Gasteiger partial charge in [-0.15, -0.1) is 0 Å². The highest BCUT2D eigenvalue weighted by Crippen LogP contribution is 2.58. The van der Waals surface area contributed by atoms with Gasteiger partial charge < -0.3 is 10.0 Å². The van der Waals surface area contributed by atoms with Gasteiger partial charge in [0.25, 0.3) is 0 Å². The minimum atomic E-state index is -1.50. The predicted octanol–water partition coefficient (Wildman–Crippen LogP) is 22.1. The monoisotopic (exact) mass is 1390 g/mol. The van der Waals surface area contributed by atoms with Crippen molar-refractivity contribution in [1.82, 2.24) is 19.9 Å². The molecule has 2 heterocycles. The van der Waals surface area contributed by atoms with Gasteiger partial charge in [0.05, 0.1) is 33.6 Å². The third-order valence-corrected chi connectivity index (χ3v) is 20.0. The van der Waals surface area contributed by atoms with Crippen LogP contribution in [-0.2, 0) is 10.8 Å². The van der Waals surface area contributed by atoms with E-state index in [0.29, 0.717) is 11.3 Å². The molecule has 0 amide bonds. The van der Waals surface area contributed by atoms with Crippen molar-refractivity contribution in [2.75, 3.05) is 0 Å². The van der Waals surface area contributed by atoms with Crippen LogP contribution in [0.5, 0.6) is 0 Å². The number of fused-ring (bicyclic) bond motifs is 6. The van der Waals surface area contributed by atoms with E-state index in [2.05, 4.69) is 295 Å². The number of nitrogens with zero attached hydrogens (tertiary/aromatic N) is 4. The van der Waals surface area contributed by atoms with Crippen LogP contribution in [0, 0.1) is 0 Å². The van der Waals surface area contributed by atoms with Gasteiger partial charge in [0.15, 0.2) is 11.6 Å². The first-order chi connectivity index (χ1) is 50.3. The summed E-state index contributed by atoms with van der Waals surface area (Å²) in [6.45, 7) is 0.